The third kappa shape index (κ3) is 15.5. The Kier molecular flexibility index (Phi) is 17.8. The van der Waals surface area contributed by atoms with Gasteiger partial charge in [0.05, 0.1) is 0 Å². The van der Waals surface area contributed by atoms with Crippen molar-refractivity contribution in [3.8, 4) is 0 Å². The van der Waals surface area contributed by atoms with Gasteiger partial charge in [-0.05, 0) is 39.0 Å². The first kappa shape index (κ1) is 25.0. The van der Waals surface area contributed by atoms with E-state index in [4.69, 9.17) is 0 Å². The molecule has 0 unspecified atom stereocenters. The van der Waals surface area contributed by atoms with Crippen LogP contribution in [0.4, 0.5) is 0 Å². The average Bonchev–Trinajstić information content (AvgIpc) is 2.93. The lowest BCUT2D eigenvalue weighted by molar-refractivity contribution is 0.258. The Morgan fingerprint density at radius 3 is 1.33 bits per heavy atom. The molecule has 0 saturated carbocycles. The van der Waals surface area contributed by atoms with Crippen molar-refractivity contribution in [2.45, 2.75) is 123 Å². The highest BCUT2D eigenvalue weighted by atomic mass is 15.2. The van der Waals surface area contributed by atoms with Crippen molar-refractivity contribution in [2.75, 3.05) is 39.3 Å². The maximum absolute atomic E-state index is 2.71. The molecule has 0 radical (unpaired) electrons. The van der Waals surface area contributed by atoms with Crippen LogP contribution in [0, 0.1) is 0 Å². The van der Waals surface area contributed by atoms with Crippen molar-refractivity contribution < 1.29 is 0 Å². The van der Waals surface area contributed by atoms with Gasteiger partial charge in [0, 0.05) is 13.1 Å². The van der Waals surface area contributed by atoms with E-state index in [2.05, 4.69) is 23.6 Å². The Balaban J connectivity index is 1.74. The van der Waals surface area contributed by atoms with Crippen molar-refractivity contribution in [1.82, 2.24) is 9.80 Å². The average molecular weight is 381 g/mol. The second kappa shape index (κ2) is 19.2. The number of unbranched alkanes of at least 4 members (excludes halogenated alkanes) is 15. The van der Waals surface area contributed by atoms with E-state index in [-0.39, 0.29) is 0 Å². The van der Waals surface area contributed by atoms with Gasteiger partial charge in [-0.2, -0.15) is 0 Å². The van der Waals surface area contributed by atoms with Gasteiger partial charge in [0.25, 0.3) is 0 Å². The summed E-state index contributed by atoms with van der Waals surface area (Å²) in [6.07, 6.45) is 24.8. The largest absolute Gasteiger partial charge is 0.302 e. The van der Waals surface area contributed by atoms with Gasteiger partial charge >= 0.3 is 0 Å². The predicted octanol–water partition coefficient (Wildman–Crippen LogP) is 7.28. The number of likely N-dealkylation sites (N-methyl/N-ethyl adjacent to an activating group) is 1. The molecule has 1 heterocycles. The van der Waals surface area contributed by atoms with Gasteiger partial charge < -0.3 is 9.80 Å². The summed E-state index contributed by atoms with van der Waals surface area (Å²) in [5.74, 6) is 0. The molecule has 0 aromatic rings. The third-order valence-electron chi connectivity index (χ3n) is 6.46. The predicted molar refractivity (Wildman–Crippen MR) is 123 cm³/mol. The summed E-state index contributed by atoms with van der Waals surface area (Å²) in [7, 11) is 0. The monoisotopic (exact) mass is 380 g/mol. The van der Waals surface area contributed by atoms with Crippen LogP contribution in [0.1, 0.15) is 123 Å². The SMILES string of the molecule is CCCCCCCCCCCCCCCCCCN1CCCN(CC)CC1. The molecule has 2 nitrogen and oxygen atoms in total. The Hall–Kier alpha value is -0.0800. The molecule has 0 amide bonds. The van der Waals surface area contributed by atoms with Crippen LogP contribution in [0.2, 0.25) is 0 Å². The fraction of sp³-hybridized carbons (Fsp3) is 1.00. The molecular formula is C25H52N2. The van der Waals surface area contributed by atoms with Gasteiger partial charge in [-0.15, -0.1) is 0 Å². The molecule has 2 heteroatoms. The topological polar surface area (TPSA) is 6.48 Å². The summed E-state index contributed by atoms with van der Waals surface area (Å²) < 4.78 is 0. The van der Waals surface area contributed by atoms with Gasteiger partial charge in [0.1, 0.15) is 0 Å². The lowest BCUT2D eigenvalue weighted by atomic mass is 10.0. The Morgan fingerprint density at radius 1 is 0.444 bits per heavy atom. The lowest BCUT2D eigenvalue weighted by Gasteiger charge is -2.20. The normalized spacial score (nSPS) is 16.7. The van der Waals surface area contributed by atoms with Gasteiger partial charge in [0.2, 0.25) is 0 Å². The summed E-state index contributed by atoms with van der Waals surface area (Å²) in [6, 6.07) is 0. The standard InChI is InChI=1S/C25H52N2/c1-3-5-6-7-8-9-10-11-12-13-14-15-16-17-18-19-21-27-23-20-22-26(4-2)24-25-27/h3-25H2,1-2H3. The van der Waals surface area contributed by atoms with Crippen molar-refractivity contribution in [3.05, 3.63) is 0 Å². The van der Waals surface area contributed by atoms with E-state index in [0.717, 1.165) is 0 Å². The Morgan fingerprint density at radius 2 is 0.852 bits per heavy atom. The number of hydrogen-bond donors (Lipinski definition) is 0. The van der Waals surface area contributed by atoms with Gasteiger partial charge in [-0.25, -0.2) is 0 Å². The summed E-state index contributed by atoms with van der Waals surface area (Å²) in [5, 5.41) is 0. The van der Waals surface area contributed by atoms with E-state index >= 15 is 0 Å². The summed E-state index contributed by atoms with van der Waals surface area (Å²) in [6.45, 7) is 12.4. The molecule has 0 spiro atoms. The first-order valence-corrected chi connectivity index (χ1v) is 12.8. The van der Waals surface area contributed by atoms with E-state index in [1.807, 2.05) is 0 Å². The fourth-order valence-electron chi connectivity index (χ4n) is 4.45. The van der Waals surface area contributed by atoms with Crippen molar-refractivity contribution in [3.63, 3.8) is 0 Å². The summed E-state index contributed by atoms with van der Waals surface area (Å²) in [5.41, 5.74) is 0. The van der Waals surface area contributed by atoms with E-state index in [9.17, 15) is 0 Å². The molecule has 0 aromatic carbocycles. The molecule has 0 aromatic heterocycles. The zero-order chi connectivity index (χ0) is 19.4. The molecule has 0 aliphatic carbocycles. The minimum Gasteiger partial charge on any atom is -0.302 e. The smallest absolute Gasteiger partial charge is 0.0109 e. The van der Waals surface area contributed by atoms with Gasteiger partial charge in [-0.1, -0.05) is 110 Å². The maximum Gasteiger partial charge on any atom is 0.0109 e. The van der Waals surface area contributed by atoms with Crippen LogP contribution in [0.15, 0.2) is 0 Å². The highest BCUT2D eigenvalue weighted by molar-refractivity contribution is 4.68. The van der Waals surface area contributed by atoms with Crippen LogP contribution < -0.4 is 0 Å². The van der Waals surface area contributed by atoms with Gasteiger partial charge in [-0.3, -0.25) is 0 Å². The molecular weight excluding hydrogens is 328 g/mol. The number of rotatable bonds is 18. The second-order valence-electron chi connectivity index (χ2n) is 8.93. The molecule has 27 heavy (non-hydrogen) atoms. The molecule has 1 rings (SSSR count). The second-order valence-corrected chi connectivity index (χ2v) is 8.93. The highest BCUT2D eigenvalue weighted by Gasteiger charge is 2.12. The molecule has 1 aliphatic rings. The lowest BCUT2D eigenvalue weighted by Crippen LogP contribution is -2.31. The van der Waals surface area contributed by atoms with E-state index in [0.29, 0.717) is 0 Å². The minimum absolute atomic E-state index is 1.23. The van der Waals surface area contributed by atoms with Crippen LogP contribution in [-0.4, -0.2) is 49.1 Å². The molecule has 162 valence electrons. The third-order valence-corrected chi connectivity index (χ3v) is 6.46. The van der Waals surface area contributed by atoms with Crippen LogP contribution in [0.3, 0.4) is 0 Å². The van der Waals surface area contributed by atoms with Crippen LogP contribution >= 0.6 is 0 Å². The molecule has 1 saturated heterocycles. The maximum atomic E-state index is 2.71. The van der Waals surface area contributed by atoms with Crippen molar-refractivity contribution in [1.29, 1.82) is 0 Å². The molecule has 0 atom stereocenters. The van der Waals surface area contributed by atoms with Crippen LogP contribution in [0.25, 0.3) is 0 Å². The van der Waals surface area contributed by atoms with Gasteiger partial charge in [0.15, 0.2) is 0 Å². The van der Waals surface area contributed by atoms with Crippen molar-refractivity contribution >= 4 is 0 Å². The first-order valence-electron chi connectivity index (χ1n) is 12.8. The molecule has 1 fully saturated rings. The number of nitrogens with zero attached hydrogens (tertiary/aromatic N) is 2. The Bertz CT molecular complexity index is 292. The highest BCUT2D eigenvalue weighted by Crippen LogP contribution is 2.14. The summed E-state index contributed by atoms with van der Waals surface area (Å²) in [4.78, 5) is 5.31. The molecule has 0 N–H and O–H groups in total. The van der Waals surface area contributed by atoms with E-state index in [1.165, 1.54) is 148 Å². The van der Waals surface area contributed by atoms with E-state index < -0.39 is 0 Å². The Labute approximate surface area is 172 Å². The molecule has 0 bridgehead atoms. The van der Waals surface area contributed by atoms with Crippen LogP contribution in [-0.2, 0) is 0 Å². The quantitative estimate of drug-likeness (QED) is 0.231. The number of hydrogen-bond acceptors (Lipinski definition) is 2. The minimum atomic E-state index is 1.23. The summed E-state index contributed by atoms with van der Waals surface area (Å²) >= 11 is 0. The fourth-order valence-corrected chi connectivity index (χ4v) is 4.45. The zero-order valence-corrected chi connectivity index (χ0v) is 19.2. The van der Waals surface area contributed by atoms with E-state index in [1.54, 1.807) is 0 Å². The van der Waals surface area contributed by atoms with Crippen LogP contribution in [0.5, 0.6) is 0 Å². The zero-order valence-electron chi connectivity index (χ0n) is 19.2. The van der Waals surface area contributed by atoms with Crippen molar-refractivity contribution in [2.24, 2.45) is 0 Å². The molecule has 1 aliphatic heterocycles. The first-order chi connectivity index (χ1) is 13.4.